The first kappa shape index (κ1) is 9.00. The lowest BCUT2D eigenvalue weighted by atomic mass is 9.95. The van der Waals surface area contributed by atoms with E-state index in [4.69, 9.17) is 0 Å². The van der Waals surface area contributed by atoms with Crippen molar-refractivity contribution in [3.05, 3.63) is 0 Å². The van der Waals surface area contributed by atoms with Crippen LogP contribution in [-0.2, 0) is 4.79 Å². The van der Waals surface area contributed by atoms with E-state index in [0.717, 1.165) is 19.6 Å². The third kappa shape index (κ3) is 1.35. The molecule has 0 aromatic rings. The first-order valence-corrected chi connectivity index (χ1v) is 5.11. The van der Waals surface area contributed by atoms with Crippen molar-refractivity contribution in [2.45, 2.75) is 31.7 Å². The van der Waals surface area contributed by atoms with Gasteiger partial charge in [0.1, 0.15) is 0 Å². The van der Waals surface area contributed by atoms with Crippen molar-refractivity contribution in [1.29, 1.82) is 0 Å². The Hall–Kier alpha value is -0.570. The number of nitrogens with zero attached hydrogens (tertiary/aromatic N) is 2. The highest BCUT2D eigenvalue weighted by Crippen LogP contribution is 2.36. The molecular formula is C10H18N2O. The lowest BCUT2D eigenvalue weighted by Crippen LogP contribution is -2.47. The van der Waals surface area contributed by atoms with Crippen LogP contribution in [0.25, 0.3) is 0 Å². The van der Waals surface area contributed by atoms with Crippen molar-refractivity contribution in [3.63, 3.8) is 0 Å². The molecule has 0 bridgehead atoms. The highest BCUT2D eigenvalue weighted by molar-refractivity contribution is 5.74. The van der Waals surface area contributed by atoms with Gasteiger partial charge in [0.15, 0.2) is 0 Å². The Labute approximate surface area is 79.7 Å². The fourth-order valence-corrected chi connectivity index (χ4v) is 2.91. The van der Waals surface area contributed by atoms with Gasteiger partial charge >= 0.3 is 0 Å². The average molecular weight is 182 g/mol. The van der Waals surface area contributed by atoms with E-state index in [1.807, 2.05) is 0 Å². The van der Waals surface area contributed by atoms with E-state index >= 15 is 0 Å². The van der Waals surface area contributed by atoms with Crippen LogP contribution >= 0.6 is 0 Å². The molecule has 0 aromatic carbocycles. The summed E-state index contributed by atoms with van der Waals surface area (Å²) in [7, 11) is 2.14. The molecule has 0 N–H and O–H groups in total. The number of carbonyl (C=O) groups excluding carboxylic acids is 1. The molecule has 2 aliphatic rings. The van der Waals surface area contributed by atoms with Crippen molar-refractivity contribution >= 4 is 5.91 Å². The molecule has 0 radical (unpaired) electrons. The molecule has 74 valence electrons. The zero-order valence-corrected chi connectivity index (χ0v) is 8.55. The standard InChI is InChI=1S/C10H18N2O/c1-9(13)12-6-3-4-10(12)5-7-11(2)8-10/h3-8H2,1-2H3. The summed E-state index contributed by atoms with van der Waals surface area (Å²) in [5.74, 6) is 0.257. The molecule has 13 heavy (non-hydrogen) atoms. The van der Waals surface area contributed by atoms with E-state index in [-0.39, 0.29) is 11.4 Å². The molecular weight excluding hydrogens is 164 g/mol. The molecule has 1 spiro atoms. The van der Waals surface area contributed by atoms with Crippen LogP contribution in [0.4, 0.5) is 0 Å². The Bertz CT molecular complexity index is 229. The molecule has 3 nitrogen and oxygen atoms in total. The van der Waals surface area contributed by atoms with E-state index < -0.39 is 0 Å². The number of hydrogen-bond acceptors (Lipinski definition) is 2. The van der Waals surface area contributed by atoms with Crippen LogP contribution < -0.4 is 0 Å². The number of likely N-dealkylation sites (N-methyl/N-ethyl adjacent to an activating group) is 1. The Balaban J connectivity index is 2.16. The monoisotopic (exact) mass is 182 g/mol. The smallest absolute Gasteiger partial charge is 0.219 e. The maximum Gasteiger partial charge on any atom is 0.219 e. The van der Waals surface area contributed by atoms with Gasteiger partial charge in [-0.1, -0.05) is 0 Å². The van der Waals surface area contributed by atoms with Gasteiger partial charge in [0.05, 0.1) is 5.54 Å². The molecule has 2 rings (SSSR count). The summed E-state index contributed by atoms with van der Waals surface area (Å²) in [5, 5.41) is 0. The van der Waals surface area contributed by atoms with Crippen LogP contribution in [0.2, 0.25) is 0 Å². The van der Waals surface area contributed by atoms with Crippen molar-refractivity contribution in [2.24, 2.45) is 0 Å². The van der Waals surface area contributed by atoms with Crippen molar-refractivity contribution < 1.29 is 4.79 Å². The highest BCUT2D eigenvalue weighted by Gasteiger charge is 2.45. The SMILES string of the molecule is CC(=O)N1CCCC12CCN(C)C2. The Morgan fingerprint density at radius 2 is 2.08 bits per heavy atom. The van der Waals surface area contributed by atoms with E-state index in [1.165, 1.54) is 19.3 Å². The molecule has 2 heterocycles. The third-order valence-electron chi connectivity index (χ3n) is 3.50. The topological polar surface area (TPSA) is 23.6 Å². The molecule has 1 atom stereocenters. The van der Waals surface area contributed by atoms with Crippen LogP contribution in [-0.4, -0.2) is 47.9 Å². The molecule has 2 fully saturated rings. The lowest BCUT2D eigenvalue weighted by molar-refractivity contribution is -0.132. The average Bonchev–Trinajstić information content (AvgIpc) is 2.60. The maximum absolute atomic E-state index is 11.4. The van der Waals surface area contributed by atoms with Gasteiger partial charge in [-0.3, -0.25) is 4.79 Å². The second kappa shape index (κ2) is 2.98. The summed E-state index contributed by atoms with van der Waals surface area (Å²) < 4.78 is 0. The highest BCUT2D eigenvalue weighted by atomic mass is 16.2. The summed E-state index contributed by atoms with van der Waals surface area (Å²) in [4.78, 5) is 15.8. The van der Waals surface area contributed by atoms with Crippen molar-refractivity contribution in [2.75, 3.05) is 26.7 Å². The number of rotatable bonds is 0. The number of likely N-dealkylation sites (tertiary alicyclic amines) is 2. The van der Waals surface area contributed by atoms with Gasteiger partial charge in [-0.2, -0.15) is 0 Å². The van der Waals surface area contributed by atoms with Crippen molar-refractivity contribution in [3.8, 4) is 0 Å². The quantitative estimate of drug-likeness (QED) is 0.550. The van der Waals surface area contributed by atoms with Crippen LogP contribution in [0.15, 0.2) is 0 Å². The van der Waals surface area contributed by atoms with Gasteiger partial charge in [-0.15, -0.1) is 0 Å². The van der Waals surface area contributed by atoms with Gasteiger partial charge in [0.25, 0.3) is 0 Å². The van der Waals surface area contributed by atoms with Gasteiger partial charge in [-0.25, -0.2) is 0 Å². The van der Waals surface area contributed by atoms with E-state index in [1.54, 1.807) is 6.92 Å². The normalized spacial score (nSPS) is 34.8. The van der Waals surface area contributed by atoms with Gasteiger partial charge in [-0.05, 0) is 26.3 Å². The molecule has 0 saturated carbocycles. The first-order valence-electron chi connectivity index (χ1n) is 5.11. The number of hydrogen-bond donors (Lipinski definition) is 0. The third-order valence-corrected chi connectivity index (χ3v) is 3.50. The number of amides is 1. The fraction of sp³-hybridized carbons (Fsp3) is 0.900. The maximum atomic E-state index is 11.4. The van der Waals surface area contributed by atoms with Crippen molar-refractivity contribution in [1.82, 2.24) is 9.80 Å². The minimum absolute atomic E-state index is 0.209. The lowest BCUT2D eigenvalue weighted by Gasteiger charge is -2.34. The van der Waals surface area contributed by atoms with Gasteiger partial charge in [0, 0.05) is 26.6 Å². The second-order valence-corrected chi connectivity index (χ2v) is 4.49. The molecule has 2 aliphatic heterocycles. The Kier molecular flexibility index (Phi) is 2.06. The fourth-order valence-electron chi connectivity index (χ4n) is 2.91. The van der Waals surface area contributed by atoms with Gasteiger partial charge < -0.3 is 9.80 Å². The largest absolute Gasteiger partial charge is 0.336 e. The predicted molar refractivity (Wildman–Crippen MR) is 51.5 cm³/mol. The number of carbonyl (C=O) groups is 1. The second-order valence-electron chi connectivity index (χ2n) is 4.49. The summed E-state index contributed by atoms with van der Waals surface area (Å²) in [6, 6.07) is 0. The summed E-state index contributed by atoms with van der Waals surface area (Å²) in [5.41, 5.74) is 0.209. The molecule has 0 aromatic heterocycles. The Morgan fingerprint density at radius 3 is 2.62 bits per heavy atom. The van der Waals surface area contributed by atoms with Crippen LogP contribution in [0.5, 0.6) is 0 Å². The molecule has 1 unspecified atom stereocenters. The zero-order valence-electron chi connectivity index (χ0n) is 8.55. The van der Waals surface area contributed by atoms with Crippen LogP contribution in [0.3, 0.4) is 0 Å². The van der Waals surface area contributed by atoms with Gasteiger partial charge in [0.2, 0.25) is 5.91 Å². The minimum Gasteiger partial charge on any atom is -0.336 e. The first-order chi connectivity index (χ1) is 6.14. The molecule has 2 saturated heterocycles. The predicted octanol–water partition coefficient (Wildman–Crippen LogP) is 0.703. The molecule has 1 amide bonds. The summed E-state index contributed by atoms with van der Waals surface area (Å²) in [6.07, 6.45) is 3.56. The van der Waals surface area contributed by atoms with Crippen LogP contribution in [0.1, 0.15) is 26.2 Å². The summed E-state index contributed by atoms with van der Waals surface area (Å²) in [6.45, 7) is 4.89. The van der Waals surface area contributed by atoms with E-state index in [0.29, 0.717) is 0 Å². The minimum atomic E-state index is 0.209. The Morgan fingerprint density at radius 1 is 1.31 bits per heavy atom. The van der Waals surface area contributed by atoms with E-state index in [9.17, 15) is 4.79 Å². The molecule has 3 heteroatoms. The van der Waals surface area contributed by atoms with E-state index in [2.05, 4.69) is 16.8 Å². The zero-order chi connectivity index (χ0) is 9.47. The summed E-state index contributed by atoms with van der Waals surface area (Å²) >= 11 is 0. The molecule has 0 aliphatic carbocycles. The van der Waals surface area contributed by atoms with Crippen LogP contribution in [0, 0.1) is 0 Å².